The van der Waals surface area contributed by atoms with Gasteiger partial charge in [-0.15, -0.1) is 0 Å². The summed E-state index contributed by atoms with van der Waals surface area (Å²) >= 11 is 0. The first-order chi connectivity index (χ1) is 4.70. The minimum atomic E-state index is -1.07. The summed E-state index contributed by atoms with van der Waals surface area (Å²) in [5.41, 5.74) is 0.0347. The number of carboxylic acid groups (broad SMARTS) is 1. The average Bonchev–Trinajstić information content (AvgIpc) is 1.88. The Hall–Kier alpha value is -1.07. The molecule has 11 heavy (non-hydrogen) atoms. The van der Waals surface area contributed by atoms with Gasteiger partial charge in [0.25, 0.3) is 0 Å². The predicted octanol–water partition coefficient (Wildman–Crippen LogP) is 0.483. The van der Waals surface area contributed by atoms with Crippen molar-refractivity contribution in [3.63, 3.8) is 0 Å². The summed E-state index contributed by atoms with van der Waals surface area (Å²) in [5.74, 6) is -1.35. The maximum Gasteiger partial charge on any atom is 0.335 e. The van der Waals surface area contributed by atoms with Gasteiger partial charge in [-0.25, -0.2) is 9.78 Å². The van der Waals surface area contributed by atoms with Crippen molar-refractivity contribution in [2.75, 3.05) is 0 Å². The largest absolute Gasteiger partial charge is 0.493 e. The SMILES string of the molecule is O=C(O)c1ccnc(O)c1.[Co]. The van der Waals surface area contributed by atoms with E-state index >= 15 is 0 Å². The van der Waals surface area contributed by atoms with Crippen molar-refractivity contribution in [3.8, 4) is 5.88 Å². The molecule has 0 bridgehead atoms. The Kier molecular flexibility index (Phi) is 3.56. The number of aromatic carboxylic acids is 1. The molecule has 2 N–H and O–H groups in total. The molecule has 0 unspecified atom stereocenters. The molecule has 0 spiro atoms. The Morgan fingerprint density at radius 3 is 2.55 bits per heavy atom. The molecule has 1 rings (SSSR count). The fourth-order valence-electron chi connectivity index (χ4n) is 0.551. The first-order valence-electron chi connectivity index (χ1n) is 2.58. The minimum absolute atomic E-state index is 0. The number of rotatable bonds is 1. The van der Waals surface area contributed by atoms with Gasteiger partial charge in [-0.2, -0.15) is 0 Å². The van der Waals surface area contributed by atoms with Crippen LogP contribution in [0.25, 0.3) is 0 Å². The van der Waals surface area contributed by atoms with Crippen molar-refractivity contribution in [1.29, 1.82) is 0 Å². The molecule has 1 heterocycles. The maximum atomic E-state index is 10.2. The topological polar surface area (TPSA) is 70.4 Å². The second-order valence-electron chi connectivity index (χ2n) is 1.71. The van der Waals surface area contributed by atoms with Crippen LogP contribution in [0.15, 0.2) is 18.3 Å². The third-order valence-electron chi connectivity index (χ3n) is 0.992. The molecule has 0 fully saturated rings. The predicted molar refractivity (Wildman–Crippen MR) is 32.9 cm³/mol. The summed E-state index contributed by atoms with van der Waals surface area (Å²) in [6.07, 6.45) is 1.23. The van der Waals surface area contributed by atoms with Crippen LogP contribution in [0.2, 0.25) is 0 Å². The van der Waals surface area contributed by atoms with Gasteiger partial charge in [0, 0.05) is 29.0 Å². The molecule has 0 atom stereocenters. The third kappa shape index (κ3) is 2.56. The van der Waals surface area contributed by atoms with Gasteiger partial charge < -0.3 is 10.2 Å². The van der Waals surface area contributed by atoms with Gasteiger partial charge in [0.2, 0.25) is 5.88 Å². The molecule has 5 heteroatoms. The van der Waals surface area contributed by atoms with Gasteiger partial charge in [-0.05, 0) is 6.07 Å². The molecule has 0 amide bonds. The maximum absolute atomic E-state index is 10.2. The van der Waals surface area contributed by atoms with Gasteiger partial charge >= 0.3 is 5.97 Å². The van der Waals surface area contributed by atoms with E-state index in [2.05, 4.69) is 4.98 Å². The monoisotopic (exact) mass is 198 g/mol. The third-order valence-corrected chi connectivity index (χ3v) is 0.992. The molecule has 1 aromatic heterocycles. The normalized spacial score (nSPS) is 8.36. The van der Waals surface area contributed by atoms with E-state index in [9.17, 15) is 4.79 Å². The molecule has 0 aliphatic carbocycles. The van der Waals surface area contributed by atoms with Crippen molar-refractivity contribution >= 4 is 5.97 Å². The van der Waals surface area contributed by atoms with Crippen LogP contribution in [0.1, 0.15) is 10.4 Å². The summed E-state index contributed by atoms with van der Waals surface area (Å²) in [7, 11) is 0. The van der Waals surface area contributed by atoms with Crippen molar-refractivity contribution in [3.05, 3.63) is 23.9 Å². The number of aromatic nitrogens is 1. The van der Waals surface area contributed by atoms with Crippen LogP contribution in [0.3, 0.4) is 0 Å². The molecule has 0 aliphatic rings. The molecular weight excluding hydrogens is 193 g/mol. The van der Waals surface area contributed by atoms with Crippen molar-refractivity contribution in [2.24, 2.45) is 0 Å². The number of aromatic hydroxyl groups is 1. The minimum Gasteiger partial charge on any atom is -0.493 e. The Balaban J connectivity index is 0.000001000. The standard InChI is InChI=1S/C6H5NO3.Co/c8-5-3-4(6(9)10)1-2-7-5;/h1-3H,(H,7,8)(H,9,10);. The van der Waals surface area contributed by atoms with E-state index in [1.54, 1.807) is 0 Å². The quantitative estimate of drug-likeness (QED) is 0.688. The van der Waals surface area contributed by atoms with Crippen LogP contribution < -0.4 is 0 Å². The molecular formula is C6H5CoNO3. The zero-order valence-electron chi connectivity index (χ0n) is 5.32. The van der Waals surface area contributed by atoms with E-state index < -0.39 is 5.97 Å². The smallest absolute Gasteiger partial charge is 0.335 e. The number of hydrogen-bond acceptors (Lipinski definition) is 3. The van der Waals surface area contributed by atoms with Crippen LogP contribution in [0, 0.1) is 0 Å². The van der Waals surface area contributed by atoms with Crippen molar-refractivity contribution < 1.29 is 31.8 Å². The van der Waals surface area contributed by atoms with Crippen LogP contribution in [-0.4, -0.2) is 21.2 Å². The van der Waals surface area contributed by atoms with E-state index in [0.29, 0.717) is 0 Å². The molecule has 0 aliphatic heterocycles. The number of hydrogen-bond donors (Lipinski definition) is 2. The summed E-state index contributed by atoms with van der Waals surface area (Å²) < 4.78 is 0. The molecule has 61 valence electrons. The summed E-state index contributed by atoms with van der Waals surface area (Å²) in [5, 5.41) is 17.1. The van der Waals surface area contributed by atoms with Gasteiger partial charge in [-0.3, -0.25) is 0 Å². The van der Waals surface area contributed by atoms with Gasteiger partial charge in [0.1, 0.15) is 0 Å². The van der Waals surface area contributed by atoms with E-state index in [1.807, 2.05) is 0 Å². The fraction of sp³-hybridized carbons (Fsp3) is 0. The number of carboxylic acids is 1. The van der Waals surface area contributed by atoms with Gasteiger partial charge in [0.15, 0.2) is 0 Å². The Bertz CT molecular complexity index is 264. The van der Waals surface area contributed by atoms with Gasteiger partial charge in [0.05, 0.1) is 5.56 Å². The van der Waals surface area contributed by atoms with Crippen LogP contribution in [-0.2, 0) is 16.8 Å². The zero-order valence-corrected chi connectivity index (χ0v) is 6.36. The van der Waals surface area contributed by atoms with Crippen LogP contribution in [0.4, 0.5) is 0 Å². The van der Waals surface area contributed by atoms with E-state index in [0.717, 1.165) is 6.07 Å². The summed E-state index contributed by atoms with van der Waals surface area (Å²) in [6.45, 7) is 0. The van der Waals surface area contributed by atoms with Crippen molar-refractivity contribution in [2.45, 2.75) is 0 Å². The van der Waals surface area contributed by atoms with Crippen LogP contribution >= 0.6 is 0 Å². The Morgan fingerprint density at radius 2 is 2.18 bits per heavy atom. The zero-order chi connectivity index (χ0) is 7.56. The molecule has 0 aromatic carbocycles. The van der Waals surface area contributed by atoms with Crippen LogP contribution in [0.5, 0.6) is 5.88 Å². The van der Waals surface area contributed by atoms with E-state index in [1.165, 1.54) is 12.3 Å². The second kappa shape index (κ2) is 3.94. The summed E-state index contributed by atoms with van der Waals surface area (Å²) in [6, 6.07) is 2.39. The molecule has 1 radical (unpaired) electrons. The van der Waals surface area contributed by atoms with Gasteiger partial charge in [-0.1, -0.05) is 0 Å². The molecule has 1 aromatic rings. The number of nitrogens with zero attached hydrogens (tertiary/aromatic N) is 1. The summed E-state index contributed by atoms with van der Waals surface area (Å²) in [4.78, 5) is 13.6. The average molecular weight is 198 g/mol. The fourth-order valence-corrected chi connectivity index (χ4v) is 0.551. The molecule has 4 nitrogen and oxygen atoms in total. The first kappa shape index (κ1) is 9.93. The molecule has 0 saturated heterocycles. The second-order valence-corrected chi connectivity index (χ2v) is 1.71. The Labute approximate surface area is 73.1 Å². The van der Waals surface area contributed by atoms with E-state index in [-0.39, 0.29) is 28.2 Å². The number of carbonyl (C=O) groups is 1. The van der Waals surface area contributed by atoms with Crippen molar-refractivity contribution in [1.82, 2.24) is 4.98 Å². The number of pyridine rings is 1. The first-order valence-corrected chi connectivity index (χ1v) is 2.58. The Morgan fingerprint density at radius 1 is 1.55 bits per heavy atom. The van der Waals surface area contributed by atoms with E-state index in [4.69, 9.17) is 10.2 Å². The molecule has 0 saturated carbocycles.